The lowest BCUT2D eigenvalue weighted by molar-refractivity contribution is -0.188. The van der Waals surface area contributed by atoms with E-state index in [2.05, 4.69) is 4.98 Å². The van der Waals surface area contributed by atoms with Crippen molar-refractivity contribution >= 4 is 5.97 Å². The maximum Gasteiger partial charge on any atom is 0.393 e. The number of nitrogens with zero attached hydrogens (tertiary/aromatic N) is 3. The average molecular weight is 353 g/mol. The Labute approximate surface area is 142 Å². The van der Waals surface area contributed by atoms with Gasteiger partial charge in [0, 0.05) is 32.0 Å². The predicted octanol–water partition coefficient (Wildman–Crippen LogP) is 2.63. The van der Waals surface area contributed by atoms with Crippen LogP contribution in [0.4, 0.5) is 13.2 Å². The van der Waals surface area contributed by atoms with Crippen molar-refractivity contribution < 1.29 is 23.1 Å². The molecule has 1 saturated heterocycles. The van der Waals surface area contributed by atoms with Gasteiger partial charge in [-0.2, -0.15) is 13.2 Å². The first-order chi connectivity index (χ1) is 11.8. The van der Waals surface area contributed by atoms with Crippen LogP contribution in [0.5, 0.6) is 0 Å². The fourth-order valence-corrected chi connectivity index (χ4v) is 3.21. The molecular formula is C17H18F3N3O2. The molecule has 5 nitrogen and oxygen atoms in total. The molecule has 1 N–H and O–H groups in total. The Bertz CT molecular complexity index is 730. The molecule has 1 aromatic carbocycles. The summed E-state index contributed by atoms with van der Waals surface area (Å²) in [6.45, 7) is 0.307. The molecule has 0 amide bonds. The van der Waals surface area contributed by atoms with Crippen molar-refractivity contribution in [1.29, 1.82) is 0 Å². The summed E-state index contributed by atoms with van der Waals surface area (Å²) in [4.78, 5) is 16.9. The summed E-state index contributed by atoms with van der Waals surface area (Å²) in [7, 11) is 0. The van der Waals surface area contributed by atoms with Crippen LogP contribution in [0.1, 0.15) is 11.4 Å². The molecule has 0 saturated carbocycles. The normalized spacial score (nSPS) is 21.6. The van der Waals surface area contributed by atoms with E-state index in [1.807, 2.05) is 34.9 Å². The molecular weight excluding hydrogens is 335 g/mol. The van der Waals surface area contributed by atoms with Crippen molar-refractivity contribution in [2.45, 2.75) is 19.3 Å². The van der Waals surface area contributed by atoms with Crippen molar-refractivity contribution in [3.05, 3.63) is 54.1 Å². The van der Waals surface area contributed by atoms with Gasteiger partial charge in [0.15, 0.2) is 0 Å². The van der Waals surface area contributed by atoms with E-state index in [-0.39, 0.29) is 19.6 Å². The van der Waals surface area contributed by atoms with E-state index in [0.717, 1.165) is 5.56 Å². The number of carboxylic acids is 1. The molecule has 0 unspecified atom stereocenters. The minimum Gasteiger partial charge on any atom is -0.481 e. The molecule has 3 rings (SSSR count). The van der Waals surface area contributed by atoms with E-state index < -0.39 is 24.0 Å². The molecule has 8 heteroatoms. The zero-order chi connectivity index (χ0) is 18.0. The first-order valence-electron chi connectivity index (χ1n) is 7.90. The Kier molecular flexibility index (Phi) is 4.80. The van der Waals surface area contributed by atoms with Gasteiger partial charge in [-0.3, -0.25) is 9.69 Å². The third-order valence-electron chi connectivity index (χ3n) is 4.50. The molecule has 2 heterocycles. The van der Waals surface area contributed by atoms with Crippen LogP contribution < -0.4 is 0 Å². The summed E-state index contributed by atoms with van der Waals surface area (Å²) in [6.07, 6.45) is -1.14. The van der Waals surface area contributed by atoms with Gasteiger partial charge < -0.3 is 9.67 Å². The number of benzene rings is 1. The largest absolute Gasteiger partial charge is 0.481 e. The third-order valence-corrected chi connectivity index (χ3v) is 4.50. The van der Waals surface area contributed by atoms with Gasteiger partial charge >= 0.3 is 12.1 Å². The molecule has 134 valence electrons. The highest BCUT2D eigenvalue weighted by Crippen LogP contribution is 2.38. The number of carboxylic acid groups (broad SMARTS) is 1. The lowest BCUT2D eigenvalue weighted by Crippen LogP contribution is -2.33. The molecule has 2 atom stereocenters. The monoisotopic (exact) mass is 353 g/mol. The molecule has 0 spiro atoms. The molecule has 0 bridgehead atoms. The number of hydrogen-bond acceptors (Lipinski definition) is 3. The van der Waals surface area contributed by atoms with Crippen LogP contribution in [-0.2, 0) is 17.9 Å². The van der Waals surface area contributed by atoms with Crippen LogP contribution in [0.2, 0.25) is 0 Å². The molecule has 1 fully saturated rings. The molecule has 1 aromatic heterocycles. The van der Waals surface area contributed by atoms with Crippen molar-refractivity contribution in [3.8, 4) is 0 Å². The summed E-state index contributed by atoms with van der Waals surface area (Å²) in [5.41, 5.74) is 1.06. The summed E-state index contributed by atoms with van der Waals surface area (Å²) < 4.78 is 41.1. The SMILES string of the molecule is O=C(O)[C@@H]1CN(Cc2nccn2Cc2ccccc2)C[C@H]1C(F)(F)F. The lowest BCUT2D eigenvalue weighted by Gasteiger charge is -2.18. The Morgan fingerprint density at radius 1 is 1.20 bits per heavy atom. The number of alkyl halides is 3. The van der Waals surface area contributed by atoms with Crippen LogP contribution in [0.25, 0.3) is 0 Å². The van der Waals surface area contributed by atoms with Crippen molar-refractivity contribution in [1.82, 2.24) is 14.5 Å². The highest BCUT2D eigenvalue weighted by atomic mass is 19.4. The van der Waals surface area contributed by atoms with Crippen molar-refractivity contribution in [3.63, 3.8) is 0 Å². The fourth-order valence-electron chi connectivity index (χ4n) is 3.21. The zero-order valence-electron chi connectivity index (χ0n) is 13.4. The number of hydrogen-bond donors (Lipinski definition) is 1. The summed E-state index contributed by atoms with van der Waals surface area (Å²) in [5.74, 6) is -4.06. The molecule has 0 radical (unpaired) electrons. The maximum atomic E-state index is 13.1. The second kappa shape index (κ2) is 6.87. The number of likely N-dealkylation sites (tertiary alicyclic amines) is 1. The highest BCUT2D eigenvalue weighted by Gasteiger charge is 2.52. The van der Waals surface area contributed by atoms with Gasteiger partial charge in [0.05, 0.1) is 18.4 Å². The van der Waals surface area contributed by atoms with Crippen LogP contribution in [0.15, 0.2) is 42.7 Å². The average Bonchev–Trinajstić information content (AvgIpc) is 3.16. The Hall–Kier alpha value is -2.35. The summed E-state index contributed by atoms with van der Waals surface area (Å²) in [6, 6.07) is 9.65. The van der Waals surface area contributed by atoms with Gasteiger partial charge in [-0.05, 0) is 5.56 Å². The van der Waals surface area contributed by atoms with E-state index in [1.165, 1.54) is 4.90 Å². The summed E-state index contributed by atoms with van der Waals surface area (Å²) >= 11 is 0. The van der Waals surface area contributed by atoms with Crippen LogP contribution in [0, 0.1) is 11.8 Å². The second-order valence-corrected chi connectivity index (χ2v) is 6.24. The smallest absolute Gasteiger partial charge is 0.393 e. The Balaban J connectivity index is 1.71. The van der Waals surface area contributed by atoms with E-state index in [9.17, 15) is 18.0 Å². The Morgan fingerprint density at radius 3 is 2.52 bits per heavy atom. The van der Waals surface area contributed by atoms with Gasteiger partial charge in [0.2, 0.25) is 0 Å². The van der Waals surface area contributed by atoms with E-state index >= 15 is 0 Å². The topological polar surface area (TPSA) is 58.4 Å². The Morgan fingerprint density at radius 2 is 1.92 bits per heavy atom. The van der Waals surface area contributed by atoms with Crippen molar-refractivity contribution in [2.24, 2.45) is 11.8 Å². The first kappa shape index (κ1) is 17.5. The maximum absolute atomic E-state index is 13.1. The van der Waals surface area contributed by atoms with Gasteiger partial charge in [-0.15, -0.1) is 0 Å². The lowest BCUT2D eigenvalue weighted by atomic mass is 9.96. The fraction of sp³-hybridized carbons (Fsp3) is 0.412. The van der Waals surface area contributed by atoms with Crippen LogP contribution in [0.3, 0.4) is 0 Å². The number of aromatic nitrogens is 2. The van der Waals surface area contributed by atoms with Gasteiger partial charge in [-0.1, -0.05) is 30.3 Å². The number of halogens is 3. The molecule has 0 aliphatic carbocycles. The number of imidazole rings is 1. The highest BCUT2D eigenvalue weighted by molar-refractivity contribution is 5.71. The van der Waals surface area contributed by atoms with E-state index in [4.69, 9.17) is 5.11 Å². The van der Waals surface area contributed by atoms with Gasteiger partial charge in [0.25, 0.3) is 0 Å². The van der Waals surface area contributed by atoms with Crippen molar-refractivity contribution in [2.75, 3.05) is 13.1 Å². The minimum absolute atomic E-state index is 0.127. The van der Waals surface area contributed by atoms with E-state index in [0.29, 0.717) is 12.4 Å². The van der Waals surface area contributed by atoms with Gasteiger partial charge in [0.1, 0.15) is 5.82 Å². The van der Waals surface area contributed by atoms with Gasteiger partial charge in [-0.25, -0.2) is 4.98 Å². The minimum atomic E-state index is -4.52. The summed E-state index contributed by atoms with van der Waals surface area (Å²) in [5, 5.41) is 9.09. The standard InChI is InChI=1S/C17H18F3N3O2/c18-17(19,20)14-10-22(9-13(14)16(24)25)11-15-21-6-7-23(15)8-12-4-2-1-3-5-12/h1-7,13-14H,8-11H2,(H,24,25)/t13-,14-/m1/s1. The molecule has 25 heavy (non-hydrogen) atoms. The van der Waals surface area contributed by atoms with Crippen LogP contribution >= 0.6 is 0 Å². The third kappa shape index (κ3) is 4.01. The quantitative estimate of drug-likeness (QED) is 0.898. The number of carbonyl (C=O) groups is 1. The number of rotatable bonds is 5. The van der Waals surface area contributed by atoms with Crippen LogP contribution in [-0.4, -0.2) is 44.8 Å². The molecule has 1 aliphatic rings. The first-order valence-corrected chi connectivity index (χ1v) is 7.90. The number of aliphatic carboxylic acids is 1. The second-order valence-electron chi connectivity index (χ2n) is 6.24. The molecule has 2 aromatic rings. The van der Waals surface area contributed by atoms with E-state index in [1.54, 1.807) is 12.4 Å². The predicted molar refractivity (Wildman–Crippen MR) is 83.7 cm³/mol. The zero-order valence-corrected chi connectivity index (χ0v) is 13.4. The molecule has 1 aliphatic heterocycles.